The quantitative estimate of drug-likeness (QED) is 0.746. The third kappa shape index (κ3) is 4.69. The van der Waals surface area contributed by atoms with Crippen molar-refractivity contribution in [3.8, 4) is 0 Å². The highest BCUT2D eigenvalue weighted by Gasteiger charge is 2.25. The van der Waals surface area contributed by atoms with Gasteiger partial charge in [0.2, 0.25) is 10.0 Å². The number of morpholine rings is 1. The molecule has 5 nitrogen and oxygen atoms in total. The first-order valence-electron chi connectivity index (χ1n) is 8.06. The molecule has 0 bridgehead atoms. The molecule has 0 unspecified atom stereocenters. The van der Waals surface area contributed by atoms with Gasteiger partial charge in [0.15, 0.2) is 0 Å². The molecule has 2 rings (SSSR count). The number of ether oxygens (including phenoxy) is 1. The Bertz CT molecular complexity index is 537. The van der Waals surface area contributed by atoms with Crippen LogP contribution in [-0.2, 0) is 14.8 Å². The highest BCUT2D eigenvalue weighted by atomic mass is 32.2. The summed E-state index contributed by atoms with van der Waals surface area (Å²) in [6, 6.07) is 7.04. The topological polar surface area (TPSA) is 58.6 Å². The van der Waals surface area contributed by atoms with E-state index in [1.807, 2.05) is 12.1 Å². The monoisotopic (exact) mass is 326 g/mol. The van der Waals surface area contributed by atoms with Crippen molar-refractivity contribution in [2.45, 2.75) is 37.5 Å². The molecule has 0 radical (unpaired) electrons. The van der Waals surface area contributed by atoms with Gasteiger partial charge in [-0.15, -0.1) is 0 Å². The lowest BCUT2D eigenvalue weighted by Crippen LogP contribution is -2.40. The van der Waals surface area contributed by atoms with Gasteiger partial charge in [-0.05, 0) is 30.7 Å². The first-order chi connectivity index (χ1) is 10.6. The van der Waals surface area contributed by atoms with Crippen LogP contribution in [0.1, 0.15) is 32.6 Å². The van der Waals surface area contributed by atoms with Crippen LogP contribution < -0.4 is 5.32 Å². The van der Waals surface area contributed by atoms with Crippen molar-refractivity contribution in [3.63, 3.8) is 0 Å². The van der Waals surface area contributed by atoms with Crippen LogP contribution in [0, 0.1) is 0 Å². The molecule has 1 aliphatic rings. The highest BCUT2D eigenvalue weighted by molar-refractivity contribution is 7.89. The number of nitrogens with one attached hydrogen (secondary N) is 1. The Hall–Kier alpha value is -1.11. The third-order valence-electron chi connectivity index (χ3n) is 3.82. The molecule has 1 aromatic carbocycles. The number of benzene rings is 1. The lowest BCUT2D eigenvalue weighted by Gasteiger charge is -2.26. The fraction of sp³-hybridized carbons (Fsp3) is 0.625. The van der Waals surface area contributed by atoms with Crippen molar-refractivity contribution in [1.29, 1.82) is 0 Å². The standard InChI is InChI=1S/C16H26N2O3S/c1-2-3-4-5-10-17-15-6-8-16(9-7-15)22(19,20)18-11-13-21-14-12-18/h6-9,17H,2-5,10-14H2,1H3. The van der Waals surface area contributed by atoms with Gasteiger partial charge in [-0.3, -0.25) is 0 Å². The molecule has 0 amide bonds. The molecule has 1 N–H and O–H groups in total. The molecular formula is C16H26N2O3S. The van der Waals surface area contributed by atoms with Gasteiger partial charge in [0, 0.05) is 25.3 Å². The van der Waals surface area contributed by atoms with Gasteiger partial charge >= 0.3 is 0 Å². The van der Waals surface area contributed by atoms with Crippen LogP contribution in [0.5, 0.6) is 0 Å². The van der Waals surface area contributed by atoms with E-state index in [4.69, 9.17) is 4.74 Å². The second kappa shape index (κ2) is 8.50. The molecular weight excluding hydrogens is 300 g/mol. The molecule has 1 aliphatic heterocycles. The minimum absolute atomic E-state index is 0.353. The van der Waals surface area contributed by atoms with E-state index in [2.05, 4.69) is 12.2 Å². The van der Waals surface area contributed by atoms with E-state index in [1.54, 1.807) is 12.1 Å². The molecule has 1 saturated heterocycles. The van der Waals surface area contributed by atoms with Crippen molar-refractivity contribution in [3.05, 3.63) is 24.3 Å². The smallest absolute Gasteiger partial charge is 0.243 e. The summed E-state index contributed by atoms with van der Waals surface area (Å²) in [5, 5.41) is 3.33. The Labute approximate surface area is 133 Å². The maximum absolute atomic E-state index is 12.5. The first-order valence-corrected chi connectivity index (χ1v) is 9.50. The summed E-state index contributed by atoms with van der Waals surface area (Å²) in [6.07, 6.45) is 4.86. The number of nitrogens with zero attached hydrogens (tertiary/aromatic N) is 1. The number of anilines is 1. The van der Waals surface area contributed by atoms with Gasteiger partial charge in [-0.25, -0.2) is 8.42 Å². The summed E-state index contributed by atoms with van der Waals surface area (Å²) in [6.45, 7) is 4.92. The average Bonchev–Trinajstić information content (AvgIpc) is 2.56. The van der Waals surface area contributed by atoms with Gasteiger partial charge in [0.1, 0.15) is 0 Å². The zero-order valence-electron chi connectivity index (χ0n) is 13.3. The van der Waals surface area contributed by atoms with Gasteiger partial charge in [-0.1, -0.05) is 26.2 Å². The normalized spacial score (nSPS) is 16.6. The van der Waals surface area contributed by atoms with E-state index in [9.17, 15) is 8.42 Å². The van der Waals surface area contributed by atoms with Crippen molar-refractivity contribution in [2.24, 2.45) is 0 Å². The number of rotatable bonds is 8. The molecule has 22 heavy (non-hydrogen) atoms. The van der Waals surface area contributed by atoms with Gasteiger partial charge in [-0.2, -0.15) is 4.31 Å². The molecule has 0 saturated carbocycles. The lowest BCUT2D eigenvalue weighted by molar-refractivity contribution is 0.0730. The predicted octanol–water partition coefficient (Wildman–Crippen LogP) is 2.70. The second-order valence-electron chi connectivity index (χ2n) is 5.53. The van der Waals surface area contributed by atoms with Crippen LogP contribution >= 0.6 is 0 Å². The molecule has 1 fully saturated rings. The molecule has 1 aromatic rings. The van der Waals surface area contributed by atoms with E-state index < -0.39 is 10.0 Å². The summed E-state index contributed by atoms with van der Waals surface area (Å²) in [5.74, 6) is 0. The minimum Gasteiger partial charge on any atom is -0.385 e. The zero-order chi connectivity index (χ0) is 15.8. The van der Waals surface area contributed by atoms with E-state index >= 15 is 0 Å². The molecule has 0 aromatic heterocycles. The fourth-order valence-corrected chi connectivity index (χ4v) is 3.87. The number of unbranched alkanes of at least 4 members (excludes halogenated alkanes) is 3. The SMILES string of the molecule is CCCCCCNc1ccc(S(=O)(=O)N2CCOCC2)cc1. The van der Waals surface area contributed by atoms with Crippen molar-refractivity contribution >= 4 is 15.7 Å². The Kier molecular flexibility index (Phi) is 6.67. The van der Waals surface area contributed by atoms with E-state index in [0.29, 0.717) is 31.2 Å². The average molecular weight is 326 g/mol. The Morgan fingerprint density at radius 3 is 2.41 bits per heavy atom. The molecule has 0 atom stereocenters. The lowest BCUT2D eigenvalue weighted by atomic mass is 10.2. The van der Waals surface area contributed by atoms with Gasteiger partial charge in [0.05, 0.1) is 18.1 Å². The molecule has 6 heteroatoms. The van der Waals surface area contributed by atoms with Gasteiger partial charge < -0.3 is 10.1 Å². The fourth-order valence-electron chi connectivity index (χ4n) is 2.47. The summed E-state index contributed by atoms with van der Waals surface area (Å²) in [5.41, 5.74) is 0.970. The molecule has 1 heterocycles. The second-order valence-corrected chi connectivity index (χ2v) is 7.47. The first kappa shape index (κ1) is 17.2. The van der Waals surface area contributed by atoms with Crippen molar-refractivity contribution in [2.75, 3.05) is 38.2 Å². The van der Waals surface area contributed by atoms with Crippen LogP contribution in [-0.4, -0.2) is 45.6 Å². The Morgan fingerprint density at radius 1 is 1.09 bits per heavy atom. The summed E-state index contributed by atoms with van der Waals surface area (Å²) in [7, 11) is -3.39. The maximum Gasteiger partial charge on any atom is 0.243 e. The predicted molar refractivity (Wildman–Crippen MR) is 88.7 cm³/mol. The zero-order valence-corrected chi connectivity index (χ0v) is 14.1. The van der Waals surface area contributed by atoms with Crippen LogP contribution in [0.25, 0.3) is 0 Å². The van der Waals surface area contributed by atoms with Crippen molar-refractivity contribution in [1.82, 2.24) is 4.31 Å². The third-order valence-corrected chi connectivity index (χ3v) is 5.73. The van der Waals surface area contributed by atoms with E-state index in [-0.39, 0.29) is 0 Å². The highest BCUT2D eigenvalue weighted by Crippen LogP contribution is 2.19. The van der Waals surface area contributed by atoms with Crippen LogP contribution in [0.2, 0.25) is 0 Å². The molecule has 0 spiro atoms. The Morgan fingerprint density at radius 2 is 1.77 bits per heavy atom. The largest absolute Gasteiger partial charge is 0.385 e. The summed E-state index contributed by atoms with van der Waals surface area (Å²) < 4.78 is 31.7. The van der Waals surface area contributed by atoms with Gasteiger partial charge in [0.25, 0.3) is 0 Å². The number of hydrogen-bond donors (Lipinski definition) is 1. The minimum atomic E-state index is -3.39. The van der Waals surface area contributed by atoms with Crippen LogP contribution in [0.4, 0.5) is 5.69 Å². The van der Waals surface area contributed by atoms with E-state index in [1.165, 1.54) is 23.6 Å². The van der Waals surface area contributed by atoms with Crippen molar-refractivity contribution < 1.29 is 13.2 Å². The maximum atomic E-state index is 12.5. The Balaban J connectivity index is 1.90. The summed E-state index contributed by atoms with van der Waals surface area (Å²) in [4.78, 5) is 0.353. The summed E-state index contributed by atoms with van der Waals surface area (Å²) >= 11 is 0. The number of hydrogen-bond acceptors (Lipinski definition) is 4. The number of sulfonamides is 1. The van der Waals surface area contributed by atoms with Crippen LogP contribution in [0.15, 0.2) is 29.2 Å². The van der Waals surface area contributed by atoms with Crippen LogP contribution in [0.3, 0.4) is 0 Å². The molecule has 0 aliphatic carbocycles. The molecule has 124 valence electrons. The van der Waals surface area contributed by atoms with E-state index in [0.717, 1.165) is 18.7 Å².